The van der Waals surface area contributed by atoms with Crippen molar-refractivity contribution in [2.45, 2.75) is 31.3 Å². The first-order valence-electron chi connectivity index (χ1n) is 10.6. The molecule has 3 heterocycles. The number of hydrogen-bond acceptors (Lipinski definition) is 8. The summed E-state index contributed by atoms with van der Waals surface area (Å²) in [6.45, 7) is 2.20. The third-order valence-corrected chi connectivity index (χ3v) is 7.01. The van der Waals surface area contributed by atoms with E-state index in [2.05, 4.69) is 36.5 Å². The maximum absolute atomic E-state index is 11.4. The fourth-order valence-corrected chi connectivity index (χ4v) is 4.67. The van der Waals surface area contributed by atoms with Crippen molar-refractivity contribution >= 4 is 55.8 Å². The Balaban J connectivity index is 1.40. The zero-order valence-corrected chi connectivity index (χ0v) is 20.7. The topological polar surface area (TPSA) is 104 Å². The summed E-state index contributed by atoms with van der Waals surface area (Å²) in [7, 11) is 1.58. The summed E-state index contributed by atoms with van der Waals surface area (Å²) >= 11 is 9.62. The van der Waals surface area contributed by atoms with Crippen molar-refractivity contribution in [3.05, 3.63) is 46.2 Å². The number of anilines is 2. The molecule has 2 aromatic carbocycles. The number of nitrogens with one attached hydrogen (secondary N) is 2. The van der Waals surface area contributed by atoms with Crippen LogP contribution in [0.3, 0.4) is 0 Å². The SMILES string of the molecule is COc1cc2c(Nc3ccc(Br)c(Cl)c3)ncnc2cc1O[C@@H]1CO[C@H]2C(NC(C)=O)CO[C@@H]12. The van der Waals surface area contributed by atoms with Gasteiger partial charge in [-0.1, -0.05) is 11.6 Å². The van der Waals surface area contributed by atoms with E-state index >= 15 is 0 Å². The van der Waals surface area contributed by atoms with Crippen LogP contribution in [0.4, 0.5) is 11.5 Å². The van der Waals surface area contributed by atoms with Gasteiger partial charge in [-0.3, -0.25) is 4.79 Å². The summed E-state index contributed by atoms with van der Waals surface area (Å²) < 4.78 is 24.5. The van der Waals surface area contributed by atoms with Crippen LogP contribution in [-0.2, 0) is 14.3 Å². The van der Waals surface area contributed by atoms with E-state index in [0.717, 1.165) is 15.5 Å². The number of aromatic nitrogens is 2. The number of halogens is 2. The van der Waals surface area contributed by atoms with Gasteiger partial charge in [-0.25, -0.2) is 9.97 Å². The van der Waals surface area contributed by atoms with Gasteiger partial charge in [0.2, 0.25) is 5.91 Å². The number of rotatable bonds is 6. The number of carbonyl (C=O) groups is 1. The molecular weight excluding hydrogens is 528 g/mol. The number of hydrogen-bond donors (Lipinski definition) is 2. The average molecular weight is 550 g/mol. The second kappa shape index (κ2) is 9.53. The fourth-order valence-electron chi connectivity index (χ4n) is 4.24. The van der Waals surface area contributed by atoms with E-state index in [9.17, 15) is 4.79 Å². The van der Waals surface area contributed by atoms with Crippen molar-refractivity contribution in [1.29, 1.82) is 0 Å². The average Bonchev–Trinajstić information content (AvgIpc) is 3.39. The lowest BCUT2D eigenvalue weighted by atomic mass is 10.1. The zero-order valence-electron chi connectivity index (χ0n) is 18.4. The van der Waals surface area contributed by atoms with Gasteiger partial charge in [0.15, 0.2) is 17.6 Å². The van der Waals surface area contributed by atoms with Crippen LogP contribution >= 0.6 is 27.5 Å². The molecule has 1 amide bonds. The highest BCUT2D eigenvalue weighted by Crippen LogP contribution is 2.38. The van der Waals surface area contributed by atoms with Crippen LogP contribution < -0.4 is 20.1 Å². The third kappa shape index (κ3) is 4.50. The highest BCUT2D eigenvalue weighted by atomic mass is 79.9. The number of benzene rings is 2. The van der Waals surface area contributed by atoms with Crippen LogP contribution in [0.1, 0.15) is 6.92 Å². The number of carbonyl (C=O) groups excluding carboxylic acids is 1. The van der Waals surface area contributed by atoms with E-state index in [0.29, 0.717) is 41.1 Å². The van der Waals surface area contributed by atoms with Crippen molar-refractivity contribution < 1.29 is 23.7 Å². The summed E-state index contributed by atoms with van der Waals surface area (Å²) in [5, 5.41) is 7.50. The summed E-state index contributed by atoms with van der Waals surface area (Å²) in [5.74, 6) is 1.54. The zero-order chi connectivity index (χ0) is 23.8. The molecule has 2 aliphatic heterocycles. The molecule has 5 rings (SSSR count). The lowest BCUT2D eigenvalue weighted by Crippen LogP contribution is -2.43. The van der Waals surface area contributed by atoms with Gasteiger partial charge in [0, 0.05) is 28.5 Å². The molecular formula is C23H22BrClN4O5. The Labute approximate surface area is 209 Å². The summed E-state index contributed by atoms with van der Waals surface area (Å²) in [4.78, 5) is 20.2. The van der Waals surface area contributed by atoms with Gasteiger partial charge >= 0.3 is 0 Å². The standard InChI is InChI=1S/C23H22BrClN4O5/c1-11(30)28-17-8-32-22-20(9-33-21(17)22)34-19-7-16-13(6-18(19)31-2)23(27-10-26-16)29-12-3-4-14(24)15(25)5-12/h3-7,10,17,20-22H,8-9H2,1-2H3,(H,28,30)(H,26,27,29)/t17?,20-,21+,22+/m1/s1. The first kappa shape index (κ1) is 23.1. The van der Waals surface area contributed by atoms with Crippen molar-refractivity contribution in [3.63, 3.8) is 0 Å². The molecule has 0 saturated carbocycles. The van der Waals surface area contributed by atoms with Gasteiger partial charge in [-0.15, -0.1) is 0 Å². The molecule has 0 spiro atoms. The molecule has 2 saturated heterocycles. The van der Waals surface area contributed by atoms with E-state index in [1.165, 1.54) is 13.3 Å². The molecule has 0 bridgehead atoms. The molecule has 2 aliphatic rings. The first-order chi connectivity index (χ1) is 16.4. The van der Waals surface area contributed by atoms with E-state index < -0.39 is 0 Å². The summed E-state index contributed by atoms with van der Waals surface area (Å²) in [5.41, 5.74) is 1.46. The smallest absolute Gasteiger partial charge is 0.217 e. The van der Waals surface area contributed by atoms with Gasteiger partial charge in [0.25, 0.3) is 0 Å². The number of amides is 1. The molecule has 11 heteroatoms. The molecule has 3 aromatic rings. The molecule has 34 heavy (non-hydrogen) atoms. The van der Waals surface area contributed by atoms with Gasteiger partial charge in [-0.2, -0.15) is 0 Å². The van der Waals surface area contributed by atoms with Gasteiger partial charge in [0.1, 0.15) is 24.4 Å². The minimum Gasteiger partial charge on any atom is -0.493 e. The lowest BCUT2D eigenvalue weighted by Gasteiger charge is -2.20. The first-order valence-corrected chi connectivity index (χ1v) is 11.8. The largest absolute Gasteiger partial charge is 0.493 e. The molecule has 0 aliphatic carbocycles. The highest BCUT2D eigenvalue weighted by Gasteiger charge is 2.49. The van der Waals surface area contributed by atoms with E-state index in [-0.39, 0.29) is 30.3 Å². The second-order valence-corrected chi connectivity index (χ2v) is 9.32. The van der Waals surface area contributed by atoms with Crippen LogP contribution in [0, 0.1) is 0 Å². The van der Waals surface area contributed by atoms with Crippen molar-refractivity contribution in [3.8, 4) is 11.5 Å². The van der Waals surface area contributed by atoms with Crippen LogP contribution in [0.5, 0.6) is 11.5 Å². The Hall–Kier alpha value is -2.66. The normalized spacial score (nSPS) is 23.5. The number of nitrogens with zero attached hydrogens (tertiary/aromatic N) is 2. The maximum Gasteiger partial charge on any atom is 0.217 e. The minimum absolute atomic E-state index is 0.118. The summed E-state index contributed by atoms with van der Waals surface area (Å²) in [6.07, 6.45) is 0.589. The Bertz CT molecular complexity index is 1250. The van der Waals surface area contributed by atoms with Crippen molar-refractivity contribution in [2.24, 2.45) is 0 Å². The molecule has 4 atom stereocenters. The second-order valence-electron chi connectivity index (χ2n) is 8.06. The van der Waals surface area contributed by atoms with Gasteiger partial charge in [0.05, 0.1) is 36.9 Å². The predicted octanol–water partition coefficient (Wildman–Crippen LogP) is 3.85. The molecule has 2 N–H and O–H groups in total. The molecule has 1 aromatic heterocycles. The van der Waals surface area contributed by atoms with Crippen molar-refractivity contribution in [2.75, 3.05) is 25.6 Å². The Morgan fingerprint density at radius 2 is 1.97 bits per heavy atom. The summed E-state index contributed by atoms with van der Waals surface area (Å²) in [6, 6.07) is 9.01. The number of ether oxygens (including phenoxy) is 4. The monoisotopic (exact) mass is 548 g/mol. The van der Waals surface area contributed by atoms with E-state index in [4.69, 9.17) is 30.5 Å². The Kier molecular flexibility index (Phi) is 6.48. The van der Waals surface area contributed by atoms with Crippen LogP contribution in [-0.4, -0.2) is 60.6 Å². The van der Waals surface area contributed by atoms with Crippen LogP contribution in [0.15, 0.2) is 41.1 Å². The highest BCUT2D eigenvalue weighted by molar-refractivity contribution is 9.10. The molecule has 1 unspecified atom stereocenters. The quantitative estimate of drug-likeness (QED) is 0.478. The minimum atomic E-state index is -0.348. The van der Waals surface area contributed by atoms with Crippen LogP contribution in [0.25, 0.3) is 10.9 Å². The van der Waals surface area contributed by atoms with E-state index in [1.54, 1.807) is 13.2 Å². The number of fused-ring (bicyclic) bond motifs is 2. The van der Waals surface area contributed by atoms with Gasteiger partial charge < -0.3 is 29.6 Å². The molecule has 2 fully saturated rings. The molecule has 9 nitrogen and oxygen atoms in total. The molecule has 0 radical (unpaired) electrons. The fraction of sp³-hybridized carbons (Fsp3) is 0.348. The van der Waals surface area contributed by atoms with E-state index in [1.807, 2.05) is 24.3 Å². The van der Waals surface area contributed by atoms with Crippen LogP contribution in [0.2, 0.25) is 5.02 Å². The predicted molar refractivity (Wildman–Crippen MR) is 130 cm³/mol. The Morgan fingerprint density at radius 3 is 2.74 bits per heavy atom. The molecule has 178 valence electrons. The number of methoxy groups -OCH3 is 1. The Morgan fingerprint density at radius 1 is 1.15 bits per heavy atom. The maximum atomic E-state index is 11.4. The lowest BCUT2D eigenvalue weighted by molar-refractivity contribution is -0.120. The van der Waals surface area contributed by atoms with Crippen molar-refractivity contribution in [1.82, 2.24) is 15.3 Å². The van der Waals surface area contributed by atoms with Gasteiger partial charge in [-0.05, 0) is 40.2 Å². The third-order valence-electron chi connectivity index (χ3n) is 5.78.